The summed E-state index contributed by atoms with van der Waals surface area (Å²) in [5.41, 5.74) is 0. The first-order valence-corrected chi connectivity index (χ1v) is 6.88. The van der Waals surface area contributed by atoms with Gasteiger partial charge in [0.25, 0.3) is 0 Å². The zero-order valence-corrected chi connectivity index (χ0v) is 10.9. The van der Waals surface area contributed by atoms with Crippen molar-refractivity contribution >= 4 is 45.2 Å². The molecule has 0 heterocycles. The van der Waals surface area contributed by atoms with Gasteiger partial charge in [-0.1, -0.05) is 32.5 Å². The Hall–Kier alpha value is 0.260. The summed E-state index contributed by atoms with van der Waals surface area (Å²) in [5, 5.41) is 8.63. The molecule has 0 spiro atoms. The number of carboxylic acids is 1. The average molecular weight is 252 g/mol. The zero-order valence-electron chi connectivity index (χ0n) is 8.49. The van der Waals surface area contributed by atoms with Crippen molar-refractivity contribution < 1.29 is 9.90 Å². The normalized spacial score (nSPS) is 12.4. The van der Waals surface area contributed by atoms with Crippen LogP contribution in [0.3, 0.4) is 0 Å². The van der Waals surface area contributed by atoms with Crippen LogP contribution in [0.15, 0.2) is 0 Å². The van der Waals surface area contributed by atoms with E-state index in [4.69, 9.17) is 17.3 Å². The number of hydrogen-bond acceptors (Lipinski definition) is 4. The van der Waals surface area contributed by atoms with E-state index < -0.39 is 5.97 Å². The molecule has 0 saturated carbocycles. The summed E-state index contributed by atoms with van der Waals surface area (Å²) in [5.74, 6) is 0.286. The Morgan fingerprint density at radius 1 is 1.57 bits per heavy atom. The standard InChI is InChI=1S/C9H16O2S3/c1-3-4-5-13-9(12)14-7(2)6-8(10)11/h7H,3-6H2,1-2H3,(H,10,11). The Bertz CT molecular complexity index is 194. The Morgan fingerprint density at radius 2 is 2.21 bits per heavy atom. The molecule has 2 nitrogen and oxygen atoms in total. The fourth-order valence-corrected chi connectivity index (χ4v) is 3.70. The summed E-state index contributed by atoms with van der Waals surface area (Å²) in [6.07, 6.45) is 2.52. The van der Waals surface area contributed by atoms with Gasteiger partial charge in [-0.3, -0.25) is 4.79 Å². The summed E-state index contributed by atoms with van der Waals surface area (Å²) < 4.78 is 0.868. The van der Waals surface area contributed by atoms with Gasteiger partial charge in [-0.25, -0.2) is 0 Å². The van der Waals surface area contributed by atoms with Gasteiger partial charge in [-0.2, -0.15) is 0 Å². The maximum absolute atomic E-state index is 10.4. The molecule has 1 atom stereocenters. The van der Waals surface area contributed by atoms with E-state index in [0.717, 1.165) is 9.28 Å². The number of hydrogen-bond donors (Lipinski definition) is 1. The molecule has 0 aliphatic heterocycles. The maximum Gasteiger partial charge on any atom is 0.304 e. The highest BCUT2D eigenvalue weighted by atomic mass is 32.2. The van der Waals surface area contributed by atoms with Gasteiger partial charge in [-0.05, 0) is 12.2 Å². The molecular weight excluding hydrogens is 236 g/mol. The smallest absolute Gasteiger partial charge is 0.304 e. The van der Waals surface area contributed by atoms with Gasteiger partial charge in [-0.15, -0.1) is 23.5 Å². The first kappa shape index (κ1) is 14.3. The van der Waals surface area contributed by atoms with Crippen molar-refractivity contribution in [3.05, 3.63) is 0 Å². The molecule has 0 aromatic rings. The highest BCUT2D eigenvalue weighted by Gasteiger charge is 2.10. The van der Waals surface area contributed by atoms with Gasteiger partial charge in [0.05, 0.1) is 6.42 Å². The van der Waals surface area contributed by atoms with Crippen LogP contribution in [0.2, 0.25) is 0 Å². The van der Waals surface area contributed by atoms with Crippen LogP contribution in [0.5, 0.6) is 0 Å². The van der Waals surface area contributed by atoms with Gasteiger partial charge in [0, 0.05) is 5.25 Å². The maximum atomic E-state index is 10.4. The average Bonchev–Trinajstić information content (AvgIpc) is 2.02. The number of thiocarbonyl (C=S) groups is 1. The van der Waals surface area contributed by atoms with E-state index in [1.165, 1.54) is 24.6 Å². The van der Waals surface area contributed by atoms with Crippen molar-refractivity contribution in [2.45, 2.75) is 38.4 Å². The monoisotopic (exact) mass is 252 g/mol. The molecule has 0 aliphatic rings. The van der Waals surface area contributed by atoms with Crippen molar-refractivity contribution in [3.8, 4) is 0 Å². The van der Waals surface area contributed by atoms with Gasteiger partial charge in [0.15, 0.2) is 0 Å². The second-order valence-electron chi connectivity index (χ2n) is 2.98. The minimum Gasteiger partial charge on any atom is -0.481 e. The number of aliphatic carboxylic acids is 1. The number of thioether (sulfide) groups is 2. The van der Waals surface area contributed by atoms with Crippen LogP contribution in [0.25, 0.3) is 0 Å². The fraction of sp³-hybridized carbons (Fsp3) is 0.778. The Morgan fingerprint density at radius 3 is 2.71 bits per heavy atom. The molecule has 0 aliphatic carbocycles. The lowest BCUT2D eigenvalue weighted by Crippen LogP contribution is -2.07. The molecule has 5 heteroatoms. The molecule has 0 rings (SSSR count). The molecule has 0 bridgehead atoms. The van der Waals surface area contributed by atoms with E-state index in [1.54, 1.807) is 11.8 Å². The predicted octanol–water partition coefficient (Wildman–Crippen LogP) is 3.40. The van der Waals surface area contributed by atoms with Gasteiger partial charge >= 0.3 is 5.97 Å². The van der Waals surface area contributed by atoms with E-state index in [2.05, 4.69) is 6.92 Å². The SMILES string of the molecule is CCCCSC(=S)SC(C)CC(=O)O. The van der Waals surface area contributed by atoms with Crippen LogP contribution in [-0.4, -0.2) is 25.6 Å². The molecule has 0 radical (unpaired) electrons. The van der Waals surface area contributed by atoms with E-state index >= 15 is 0 Å². The first-order valence-electron chi connectivity index (χ1n) is 4.61. The number of carboxylic acid groups (broad SMARTS) is 1. The molecule has 1 N–H and O–H groups in total. The highest BCUT2D eigenvalue weighted by molar-refractivity contribution is 8.47. The molecule has 82 valence electrons. The largest absolute Gasteiger partial charge is 0.481 e. The van der Waals surface area contributed by atoms with Crippen molar-refractivity contribution in [2.24, 2.45) is 0 Å². The summed E-state index contributed by atoms with van der Waals surface area (Å²) in [4.78, 5) is 10.4. The topological polar surface area (TPSA) is 37.3 Å². The predicted molar refractivity (Wildman–Crippen MR) is 69.3 cm³/mol. The molecule has 0 aromatic heterocycles. The van der Waals surface area contributed by atoms with Crippen LogP contribution in [0.4, 0.5) is 0 Å². The van der Waals surface area contributed by atoms with Crippen molar-refractivity contribution in [1.82, 2.24) is 0 Å². The van der Waals surface area contributed by atoms with Gasteiger partial charge in [0.1, 0.15) is 3.53 Å². The van der Waals surface area contributed by atoms with Crippen molar-refractivity contribution in [3.63, 3.8) is 0 Å². The fourth-order valence-electron chi connectivity index (χ4n) is 0.786. The van der Waals surface area contributed by atoms with Crippen LogP contribution in [-0.2, 0) is 4.79 Å². The molecule has 0 fully saturated rings. The van der Waals surface area contributed by atoms with Crippen LogP contribution >= 0.6 is 35.7 Å². The molecule has 1 unspecified atom stereocenters. The minimum atomic E-state index is -0.758. The van der Waals surface area contributed by atoms with Crippen LogP contribution < -0.4 is 0 Å². The Balaban J connectivity index is 3.55. The minimum absolute atomic E-state index is 0.0779. The van der Waals surface area contributed by atoms with Crippen LogP contribution in [0, 0.1) is 0 Å². The third-order valence-electron chi connectivity index (χ3n) is 1.48. The quantitative estimate of drug-likeness (QED) is 0.579. The number of carbonyl (C=O) groups is 1. The molecule has 0 aromatic carbocycles. The first-order chi connectivity index (χ1) is 6.56. The number of rotatable bonds is 6. The summed E-state index contributed by atoms with van der Waals surface area (Å²) in [7, 11) is 0. The molecular formula is C9H16O2S3. The summed E-state index contributed by atoms with van der Waals surface area (Å²) >= 11 is 8.28. The zero-order chi connectivity index (χ0) is 11.0. The molecule has 0 amide bonds. The third kappa shape index (κ3) is 8.84. The van der Waals surface area contributed by atoms with E-state index in [-0.39, 0.29) is 11.7 Å². The Kier molecular flexibility index (Phi) is 8.72. The van der Waals surface area contributed by atoms with Crippen molar-refractivity contribution in [2.75, 3.05) is 5.75 Å². The third-order valence-corrected chi connectivity index (χ3v) is 4.25. The van der Waals surface area contributed by atoms with E-state index in [1.807, 2.05) is 6.92 Å². The highest BCUT2D eigenvalue weighted by Crippen LogP contribution is 2.24. The molecule has 0 saturated heterocycles. The van der Waals surface area contributed by atoms with E-state index in [0.29, 0.717) is 0 Å². The van der Waals surface area contributed by atoms with Crippen molar-refractivity contribution in [1.29, 1.82) is 0 Å². The second-order valence-corrected chi connectivity index (χ2v) is 6.72. The molecule has 14 heavy (non-hydrogen) atoms. The van der Waals surface area contributed by atoms with E-state index in [9.17, 15) is 4.79 Å². The lowest BCUT2D eigenvalue weighted by molar-refractivity contribution is -0.136. The Labute approximate surface area is 99.2 Å². The number of unbranched alkanes of at least 4 members (excludes halogenated alkanes) is 1. The lowest BCUT2D eigenvalue weighted by atomic mass is 10.3. The lowest BCUT2D eigenvalue weighted by Gasteiger charge is -2.08. The summed E-state index contributed by atoms with van der Waals surface area (Å²) in [6.45, 7) is 4.04. The van der Waals surface area contributed by atoms with Gasteiger partial charge < -0.3 is 5.11 Å². The summed E-state index contributed by atoms with van der Waals surface area (Å²) in [6, 6.07) is 0. The van der Waals surface area contributed by atoms with Crippen LogP contribution in [0.1, 0.15) is 33.1 Å². The second kappa shape index (κ2) is 8.56. The van der Waals surface area contributed by atoms with Gasteiger partial charge in [0.2, 0.25) is 0 Å².